The molecular weight excluding hydrogens is 562 g/mol. The molecule has 4 rings (SSSR count). The molecule has 0 bridgehead atoms. The first kappa shape index (κ1) is 32.1. The number of nitrogens with two attached hydrogens (primary N) is 1. The zero-order chi connectivity index (χ0) is 32.0. The molecule has 3 aromatic rings. The molecule has 4 unspecified atom stereocenters. The summed E-state index contributed by atoms with van der Waals surface area (Å²) in [6.45, 7) is 3.95. The smallest absolute Gasteiger partial charge is 0.336 e. The molecule has 2 aromatic carbocycles. The van der Waals surface area contributed by atoms with E-state index in [4.69, 9.17) is 19.9 Å². The highest BCUT2D eigenvalue weighted by Crippen LogP contribution is 2.58. The Morgan fingerprint density at radius 1 is 1.00 bits per heavy atom. The van der Waals surface area contributed by atoms with E-state index in [2.05, 4.69) is 4.98 Å². The van der Waals surface area contributed by atoms with E-state index >= 15 is 0 Å². The number of pyridine rings is 1. The molecule has 1 amide bonds. The number of hydrogen-bond acceptors (Lipinski definition) is 8. The van der Waals surface area contributed by atoms with Crippen LogP contribution >= 0.6 is 0 Å². The van der Waals surface area contributed by atoms with Crippen LogP contribution in [0.5, 0.6) is 11.5 Å². The molecule has 10 nitrogen and oxygen atoms in total. The first-order chi connectivity index (χ1) is 21.1. The molecule has 0 fully saturated rings. The molecule has 1 aromatic heterocycles. The third-order valence-corrected chi connectivity index (χ3v) is 8.72. The molecule has 1 aliphatic heterocycles. The lowest BCUT2D eigenvalue weighted by Crippen LogP contribution is -2.62. The Hall–Kier alpha value is -4.86. The lowest BCUT2D eigenvalue weighted by atomic mass is 9.54. The third-order valence-electron chi connectivity index (χ3n) is 8.72. The summed E-state index contributed by atoms with van der Waals surface area (Å²) >= 11 is 0. The van der Waals surface area contributed by atoms with Gasteiger partial charge in [0, 0.05) is 30.4 Å². The van der Waals surface area contributed by atoms with Gasteiger partial charge < -0.3 is 30.0 Å². The number of hydrogen-bond donors (Lipinski definition) is 2. The molecule has 44 heavy (non-hydrogen) atoms. The summed E-state index contributed by atoms with van der Waals surface area (Å²) in [5.74, 6) is -4.77. The second kappa shape index (κ2) is 13.6. The maximum atomic E-state index is 14.0. The Labute approximate surface area is 257 Å². The van der Waals surface area contributed by atoms with Crippen molar-refractivity contribution in [2.75, 3.05) is 27.9 Å². The second-order valence-electron chi connectivity index (χ2n) is 10.8. The summed E-state index contributed by atoms with van der Waals surface area (Å²) < 4.78 is 16.3. The van der Waals surface area contributed by atoms with Crippen molar-refractivity contribution in [3.63, 3.8) is 0 Å². The fourth-order valence-electron chi connectivity index (χ4n) is 6.71. The molecule has 10 heteroatoms. The highest BCUT2D eigenvalue weighted by molar-refractivity contribution is 5.98. The summed E-state index contributed by atoms with van der Waals surface area (Å²) in [6.07, 6.45) is 2.87. The van der Waals surface area contributed by atoms with E-state index in [0.29, 0.717) is 35.7 Å². The van der Waals surface area contributed by atoms with Crippen LogP contribution in [0, 0.1) is 5.41 Å². The molecule has 1 aliphatic rings. The molecule has 232 valence electrons. The van der Waals surface area contributed by atoms with Crippen molar-refractivity contribution in [2.45, 2.75) is 44.6 Å². The van der Waals surface area contributed by atoms with Crippen LogP contribution in [0.2, 0.25) is 0 Å². The summed E-state index contributed by atoms with van der Waals surface area (Å²) in [5, 5.41) is 11.4. The van der Waals surface area contributed by atoms with Gasteiger partial charge in [-0.15, -0.1) is 0 Å². The minimum atomic E-state index is -2.00. The molecule has 0 spiro atoms. The number of amides is 1. The first-order valence-electron chi connectivity index (χ1n) is 14.4. The van der Waals surface area contributed by atoms with Crippen molar-refractivity contribution in [3.8, 4) is 11.5 Å². The van der Waals surface area contributed by atoms with Gasteiger partial charge in [0.05, 0.1) is 38.5 Å². The van der Waals surface area contributed by atoms with Crippen molar-refractivity contribution in [3.05, 3.63) is 101 Å². The normalized spacial score (nSPS) is 20.5. The van der Waals surface area contributed by atoms with E-state index in [1.54, 1.807) is 50.2 Å². The van der Waals surface area contributed by atoms with Crippen molar-refractivity contribution >= 4 is 17.8 Å². The van der Waals surface area contributed by atoms with Gasteiger partial charge in [-0.1, -0.05) is 42.5 Å². The van der Waals surface area contributed by atoms with Crippen LogP contribution in [-0.4, -0.2) is 66.8 Å². The minimum absolute atomic E-state index is 0.113. The zero-order valence-electron chi connectivity index (χ0n) is 25.7. The van der Waals surface area contributed by atoms with E-state index in [0.717, 1.165) is 12.0 Å². The van der Waals surface area contributed by atoms with Crippen molar-refractivity contribution < 1.29 is 33.7 Å². The topological polar surface area (TPSA) is 141 Å². The van der Waals surface area contributed by atoms with Gasteiger partial charge in [-0.3, -0.25) is 14.6 Å². The maximum Gasteiger partial charge on any atom is 0.336 e. The maximum absolute atomic E-state index is 14.0. The molecule has 0 saturated heterocycles. The van der Waals surface area contributed by atoms with Gasteiger partial charge in [-0.2, -0.15) is 0 Å². The molecule has 0 radical (unpaired) electrons. The van der Waals surface area contributed by atoms with E-state index in [1.807, 2.05) is 35.2 Å². The number of allylic oxidation sites excluding steroid dienone is 1. The van der Waals surface area contributed by atoms with Gasteiger partial charge in [0.2, 0.25) is 5.91 Å². The van der Waals surface area contributed by atoms with Gasteiger partial charge in [0.1, 0.15) is 5.41 Å². The largest absolute Gasteiger partial charge is 0.493 e. The van der Waals surface area contributed by atoms with Crippen LogP contribution in [0.15, 0.2) is 84.2 Å². The highest BCUT2D eigenvalue weighted by Gasteiger charge is 2.64. The summed E-state index contributed by atoms with van der Waals surface area (Å²) in [5.41, 5.74) is 6.50. The van der Waals surface area contributed by atoms with Crippen molar-refractivity contribution in [2.24, 2.45) is 11.1 Å². The Kier molecular flexibility index (Phi) is 9.93. The Balaban J connectivity index is 2.04. The van der Waals surface area contributed by atoms with Gasteiger partial charge in [-0.05, 0) is 62.1 Å². The number of esters is 1. The fraction of sp³-hybridized carbons (Fsp3) is 0.353. The van der Waals surface area contributed by atoms with Crippen LogP contribution in [0.25, 0.3) is 0 Å². The predicted molar refractivity (Wildman–Crippen MR) is 164 cm³/mol. The lowest BCUT2D eigenvalue weighted by molar-refractivity contribution is -0.161. The Morgan fingerprint density at radius 2 is 1.68 bits per heavy atom. The first-order valence-corrected chi connectivity index (χ1v) is 14.4. The number of carboxylic acids is 1. The van der Waals surface area contributed by atoms with Crippen molar-refractivity contribution in [1.82, 2.24) is 9.88 Å². The van der Waals surface area contributed by atoms with Crippen LogP contribution in [0.4, 0.5) is 0 Å². The molecule has 0 saturated carbocycles. The van der Waals surface area contributed by atoms with E-state index < -0.39 is 41.1 Å². The minimum Gasteiger partial charge on any atom is -0.493 e. The van der Waals surface area contributed by atoms with Crippen LogP contribution in [0.1, 0.15) is 48.9 Å². The SMILES string of the molecule is COC(=O)C1=C(C)N(CCCc2ccccc2)C(C)C(C(=O)O)(C(C(N)=O)c2ccccn2)C1c1ccc(OC)c(OC)c1. The summed E-state index contributed by atoms with van der Waals surface area (Å²) in [7, 11) is 4.20. The molecule has 0 aliphatic carbocycles. The van der Waals surface area contributed by atoms with Crippen LogP contribution in [0.3, 0.4) is 0 Å². The number of aryl methyl sites for hydroxylation is 1. The van der Waals surface area contributed by atoms with Gasteiger partial charge >= 0.3 is 11.9 Å². The number of primary amides is 1. The number of carbonyl (C=O) groups excluding carboxylic acids is 2. The van der Waals surface area contributed by atoms with Gasteiger partial charge in [-0.25, -0.2) is 4.79 Å². The highest BCUT2D eigenvalue weighted by atomic mass is 16.5. The number of carboxylic acid groups (broad SMARTS) is 1. The average molecular weight is 602 g/mol. The number of nitrogens with zero attached hydrogens (tertiary/aromatic N) is 2. The van der Waals surface area contributed by atoms with E-state index in [9.17, 15) is 19.5 Å². The second-order valence-corrected chi connectivity index (χ2v) is 10.8. The van der Waals surface area contributed by atoms with E-state index in [-0.39, 0.29) is 11.3 Å². The molecule has 3 N–H and O–H groups in total. The number of methoxy groups -OCH3 is 3. The van der Waals surface area contributed by atoms with Crippen LogP contribution in [-0.2, 0) is 25.5 Å². The zero-order valence-corrected chi connectivity index (χ0v) is 25.7. The molecule has 4 atom stereocenters. The Morgan fingerprint density at radius 3 is 2.25 bits per heavy atom. The number of aliphatic carboxylic acids is 1. The quantitative estimate of drug-likeness (QED) is 0.291. The monoisotopic (exact) mass is 601 g/mol. The third kappa shape index (κ3) is 5.71. The van der Waals surface area contributed by atoms with Crippen LogP contribution < -0.4 is 15.2 Å². The predicted octanol–water partition coefficient (Wildman–Crippen LogP) is 4.31. The summed E-state index contributed by atoms with van der Waals surface area (Å²) in [6, 6.07) is 19.0. The van der Waals surface area contributed by atoms with Gasteiger partial charge in [0.15, 0.2) is 11.5 Å². The number of benzene rings is 2. The lowest BCUT2D eigenvalue weighted by Gasteiger charge is -2.54. The Bertz CT molecular complexity index is 1530. The number of ether oxygens (including phenoxy) is 3. The fourth-order valence-corrected chi connectivity index (χ4v) is 6.71. The molecular formula is C34H39N3O7. The number of carbonyl (C=O) groups is 3. The van der Waals surface area contributed by atoms with Gasteiger partial charge in [0.25, 0.3) is 0 Å². The number of rotatable bonds is 12. The average Bonchev–Trinajstić information content (AvgIpc) is 3.03. The molecule has 2 heterocycles. The van der Waals surface area contributed by atoms with Crippen molar-refractivity contribution in [1.29, 1.82) is 0 Å². The number of aromatic nitrogens is 1. The van der Waals surface area contributed by atoms with E-state index in [1.165, 1.54) is 27.5 Å². The summed E-state index contributed by atoms with van der Waals surface area (Å²) in [4.78, 5) is 47.5. The standard InChI is InChI=1S/C34H39N3O7/c1-21-28(32(39)44-5)29(24-16-17-26(42-3)27(20-24)43-4)34(33(40)41,30(31(35)38)25-15-9-10-18-36-25)22(2)37(21)19-11-14-23-12-7-6-8-13-23/h6-10,12-13,15-18,20,22,29-30H,11,14,19H2,1-5H3,(H2,35,38)(H,40,41).